The fraction of sp³-hybridized carbons (Fsp3) is 0.467. The van der Waals surface area contributed by atoms with Gasteiger partial charge in [-0.25, -0.2) is 0 Å². The molecule has 0 atom stereocenters. The molecule has 1 aromatic carbocycles. The van der Waals surface area contributed by atoms with Crippen molar-refractivity contribution < 1.29 is 0 Å². The van der Waals surface area contributed by atoms with Gasteiger partial charge >= 0.3 is 0 Å². The molecule has 1 aromatic rings. The van der Waals surface area contributed by atoms with Crippen LogP contribution in [-0.2, 0) is 6.54 Å². The molecule has 0 aliphatic carbocycles. The molecule has 0 radical (unpaired) electrons. The van der Waals surface area contributed by atoms with Gasteiger partial charge in [-0.3, -0.25) is 0 Å². The van der Waals surface area contributed by atoms with Crippen LogP contribution in [0.25, 0.3) is 6.08 Å². The lowest BCUT2D eigenvalue weighted by atomic mass is 9.84. The lowest BCUT2D eigenvalue weighted by Gasteiger charge is -2.21. The molecule has 88 valence electrons. The minimum atomic E-state index is 0.510. The van der Waals surface area contributed by atoms with E-state index in [1.807, 2.05) is 6.08 Å². The quantitative estimate of drug-likeness (QED) is 0.809. The highest BCUT2D eigenvalue weighted by molar-refractivity contribution is 5.57. The van der Waals surface area contributed by atoms with Crippen LogP contribution in [0.1, 0.15) is 61.8 Å². The van der Waals surface area contributed by atoms with Crippen LogP contribution in [-0.4, -0.2) is 0 Å². The van der Waals surface area contributed by atoms with Gasteiger partial charge in [-0.1, -0.05) is 52.5 Å². The van der Waals surface area contributed by atoms with Gasteiger partial charge in [0.1, 0.15) is 0 Å². The summed E-state index contributed by atoms with van der Waals surface area (Å²) in [5.74, 6) is 1.05. The first kappa shape index (κ1) is 13.0. The SMILES string of the molecule is C=Cc1ccc(C(C)C)c(C(C)C)c1CN. The smallest absolute Gasteiger partial charge is 0.0187 e. The first-order valence-corrected chi connectivity index (χ1v) is 6.01. The van der Waals surface area contributed by atoms with E-state index in [1.54, 1.807) is 0 Å². The number of rotatable bonds is 4. The molecular formula is C15H23N. The molecule has 0 aliphatic heterocycles. The van der Waals surface area contributed by atoms with Crippen molar-refractivity contribution in [1.29, 1.82) is 0 Å². The number of hydrogen-bond donors (Lipinski definition) is 1. The summed E-state index contributed by atoms with van der Waals surface area (Å²) in [6.07, 6.45) is 1.90. The highest BCUT2D eigenvalue weighted by Gasteiger charge is 2.15. The van der Waals surface area contributed by atoms with Crippen LogP contribution in [0.5, 0.6) is 0 Å². The molecule has 0 saturated heterocycles. The fourth-order valence-electron chi connectivity index (χ4n) is 2.30. The lowest BCUT2D eigenvalue weighted by molar-refractivity contribution is 0.773. The molecule has 2 N–H and O–H groups in total. The van der Waals surface area contributed by atoms with E-state index in [9.17, 15) is 0 Å². The molecule has 1 rings (SSSR count). The van der Waals surface area contributed by atoms with Gasteiger partial charge in [0.15, 0.2) is 0 Å². The van der Waals surface area contributed by atoms with Crippen molar-refractivity contribution in [1.82, 2.24) is 0 Å². The summed E-state index contributed by atoms with van der Waals surface area (Å²) in [6, 6.07) is 4.35. The van der Waals surface area contributed by atoms with Crippen LogP contribution < -0.4 is 5.73 Å². The predicted octanol–water partition coefficient (Wildman–Crippen LogP) is 4.04. The summed E-state index contributed by atoms with van der Waals surface area (Å²) in [5.41, 5.74) is 11.2. The van der Waals surface area contributed by atoms with Crippen molar-refractivity contribution in [3.8, 4) is 0 Å². The molecule has 0 heterocycles. The summed E-state index contributed by atoms with van der Waals surface area (Å²) in [7, 11) is 0. The third-order valence-electron chi connectivity index (χ3n) is 3.05. The van der Waals surface area contributed by atoms with E-state index in [2.05, 4.69) is 46.4 Å². The van der Waals surface area contributed by atoms with Crippen LogP contribution in [0.3, 0.4) is 0 Å². The lowest BCUT2D eigenvalue weighted by Crippen LogP contribution is -2.09. The van der Waals surface area contributed by atoms with Crippen molar-refractivity contribution >= 4 is 6.08 Å². The zero-order valence-corrected chi connectivity index (χ0v) is 10.9. The Kier molecular flexibility index (Phi) is 4.31. The number of benzene rings is 1. The van der Waals surface area contributed by atoms with E-state index in [-0.39, 0.29) is 0 Å². The average molecular weight is 217 g/mol. The van der Waals surface area contributed by atoms with Gasteiger partial charge in [0, 0.05) is 6.54 Å². The standard InChI is InChI=1S/C15H23N/c1-6-12-7-8-13(10(2)3)15(11(4)5)14(12)9-16/h6-8,10-11H,1,9,16H2,2-5H3. The van der Waals surface area contributed by atoms with Gasteiger partial charge in [0.2, 0.25) is 0 Å². The van der Waals surface area contributed by atoms with Gasteiger partial charge in [0.05, 0.1) is 0 Å². The molecule has 1 nitrogen and oxygen atoms in total. The summed E-state index contributed by atoms with van der Waals surface area (Å²) >= 11 is 0. The maximum Gasteiger partial charge on any atom is 0.0187 e. The van der Waals surface area contributed by atoms with E-state index < -0.39 is 0 Å². The van der Waals surface area contributed by atoms with Crippen molar-refractivity contribution in [2.75, 3.05) is 0 Å². The van der Waals surface area contributed by atoms with E-state index >= 15 is 0 Å². The first-order valence-electron chi connectivity index (χ1n) is 6.01. The molecule has 0 spiro atoms. The second-order valence-electron chi connectivity index (χ2n) is 4.85. The van der Waals surface area contributed by atoms with Crippen LogP contribution >= 0.6 is 0 Å². The highest BCUT2D eigenvalue weighted by Crippen LogP contribution is 2.31. The molecule has 0 fully saturated rings. The maximum absolute atomic E-state index is 5.89. The molecule has 16 heavy (non-hydrogen) atoms. The van der Waals surface area contributed by atoms with E-state index in [0.29, 0.717) is 18.4 Å². The fourth-order valence-corrected chi connectivity index (χ4v) is 2.30. The largest absolute Gasteiger partial charge is 0.326 e. The zero-order chi connectivity index (χ0) is 12.3. The maximum atomic E-state index is 5.89. The summed E-state index contributed by atoms with van der Waals surface area (Å²) in [6.45, 7) is 13.4. The minimum Gasteiger partial charge on any atom is -0.326 e. The van der Waals surface area contributed by atoms with Gasteiger partial charge in [0.25, 0.3) is 0 Å². The van der Waals surface area contributed by atoms with Gasteiger partial charge in [-0.05, 0) is 34.1 Å². The Hall–Kier alpha value is -1.08. The summed E-state index contributed by atoms with van der Waals surface area (Å²) < 4.78 is 0. The topological polar surface area (TPSA) is 26.0 Å². The molecular weight excluding hydrogens is 194 g/mol. The van der Waals surface area contributed by atoms with Gasteiger partial charge in [-0.15, -0.1) is 0 Å². The van der Waals surface area contributed by atoms with Crippen LogP contribution in [0.4, 0.5) is 0 Å². The number of hydrogen-bond acceptors (Lipinski definition) is 1. The Morgan fingerprint density at radius 3 is 2.19 bits per heavy atom. The van der Waals surface area contributed by atoms with E-state index in [0.717, 1.165) is 0 Å². The summed E-state index contributed by atoms with van der Waals surface area (Å²) in [5, 5.41) is 0. The predicted molar refractivity (Wildman–Crippen MR) is 72.6 cm³/mol. The van der Waals surface area contributed by atoms with Crippen molar-refractivity contribution in [2.24, 2.45) is 5.73 Å². The normalized spacial score (nSPS) is 11.2. The first-order chi connectivity index (χ1) is 7.52. The molecule has 0 aromatic heterocycles. The number of nitrogens with two attached hydrogens (primary N) is 1. The Morgan fingerprint density at radius 2 is 1.81 bits per heavy atom. The van der Waals surface area contributed by atoms with Crippen LogP contribution in [0, 0.1) is 0 Å². The molecule has 0 bridgehead atoms. The Balaban J connectivity index is 3.50. The van der Waals surface area contributed by atoms with Gasteiger partial charge in [-0.2, -0.15) is 0 Å². The third-order valence-corrected chi connectivity index (χ3v) is 3.05. The highest BCUT2D eigenvalue weighted by atomic mass is 14.5. The Labute approximate surface area is 99.4 Å². The second kappa shape index (κ2) is 5.31. The van der Waals surface area contributed by atoms with E-state index in [4.69, 9.17) is 5.73 Å². The van der Waals surface area contributed by atoms with Crippen molar-refractivity contribution in [3.63, 3.8) is 0 Å². The van der Waals surface area contributed by atoms with Crippen LogP contribution in [0.15, 0.2) is 18.7 Å². The molecule has 0 amide bonds. The zero-order valence-electron chi connectivity index (χ0n) is 10.9. The van der Waals surface area contributed by atoms with Gasteiger partial charge < -0.3 is 5.73 Å². The molecule has 0 aliphatic rings. The van der Waals surface area contributed by atoms with Crippen molar-refractivity contribution in [2.45, 2.75) is 46.1 Å². The molecule has 0 unspecified atom stereocenters. The minimum absolute atomic E-state index is 0.510. The van der Waals surface area contributed by atoms with Crippen molar-refractivity contribution in [3.05, 3.63) is 41.0 Å². The molecule has 1 heteroatoms. The third kappa shape index (κ3) is 2.35. The Bertz CT molecular complexity index is 375. The van der Waals surface area contributed by atoms with E-state index in [1.165, 1.54) is 22.3 Å². The van der Waals surface area contributed by atoms with Crippen LogP contribution in [0.2, 0.25) is 0 Å². The summed E-state index contributed by atoms with van der Waals surface area (Å²) in [4.78, 5) is 0. The monoisotopic (exact) mass is 217 g/mol. The molecule has 0 saturated carbocycles. The average Bonchev–Trinajstić information content (AvgIpc) is 2.26. The second-order valence-corrected chi connectivity index (χ2v) is 4.85. The Morgan fingerprint density at radius 1 is 1.19 bits per heavy atom.